The van der Waals surface area contributed by atoms with Crippen molar-refractivity contribution in [3.8, 4) is 0 Å². The Morgan fingerprint density at radius 1 is 1.50 bits per heavy atom. The molecule has 0 amide bonds. The van der Waals surface area contributed by atoms with Gasteiger partial charge in [0.2, 0.25) is 0 Å². The highest BCUT2D eigenvalue weighted by atomic mass is 32.1. The average molecular weight is 241 g/mol. The van der Waals surface area contributed by atoms with Crippen LogP contribution in [0.15, 0.2) is 11.4 Å². The Morgan fingerprint density at radius 3 is 2.81 bits per heavy atom. The van der Waals surface area contributed by atoms with E-state index < -0.39 is 12.1 Å². The third-order valence-corrected chi connectivity index (χ3v) is 4.01. The van der Waals surface area contributed by atoms with E-state index in [1.807, 2.05) is 0 Å². The lowest BCUT2D eigenvalue weighted by Crippen LogP contribution is -2.31. The van der Waals surface area contributed by atoms with Gasteiger partial charge in [-0.3, -0.25) is 0 Å². The summed E-state index contributed by atoms with van der Waals surface area (Å²) < 4.78 is 0. The molecule has 1 fully saturated rings. The lowest BCUT2D eigenvalue weighted by molar-refractivity contribution is 0.0670. The van der Waals surface area contributed by atoms with Gasteiger partial charge in [-0.05, 0) is 43.3 Å². The molecule has 1 unspecified atom stereocenters. The molecule has 0 radical (unpaired) electrons. The molecule has 1 atom stereocenters. The standard InChI is InChI=1S/C11H15NO3S/c13-9(7-1-4-12-5-2-7)10-8(11(14)15)3-6-16-10/h3,6-7,9,12-13H,1-2,4-5H2,(H,14,15). The van der Waals surface area contributed by atoms with Gasteiger partial charge in [0.15, 0.2) is 0 Å². The molecule has 0 spiro atoms. The fourth-order valence-electron chi connectivity index (χ4n) is 2.10. The number of carboxylic acid groups (broad SMARTS) is 1. The molecule has 1 aliphatic heterocycles. The summed E-state index contributed by atoms with van der Waals surface area (Å²) in [6.07, 6.45) is 1.17. The third kappa shape index (κ3) is 2.26. The van der Waals surface area contributed by atoms with E-state index in [2.05, 4.69) is 5.32 Å². The molecule has 1 aromatic heterocycles. The summed E-state index contributed by atoms with van der Waals surface area (Å²) in [7, 11) is 0. The Labute approximate surface area is 97.9 Å². The summed E-state index contributed by atoms with van der Waals surface area (Å²) in [4.78, 5) is 11.5. The molecular formula is C11H15NO3S. The van der Waals surface area contributed by atoms with Crippen molar-refractivity contribution in [3.63, 3.8) is 0 Å². The van der Waals surface area contributed by atoms with E-state index >= 15 is 0 Å². The molecule has 16 heavy (non-hydrogen) atoms. The van der Waals surface area contributed by atoms with Gasteiger partial charge in [-0.2, -0.15) is 0 Å². The van der Waals surface area contributed by atoms with Crippen LogP contribution in [-0.4, -0.2) is 29.3 Å². The average Bonchev–Trinajstić information content (AvgIpc) is 2.78. The number of carboxylic acids is 1. The van der Waals surface area contributed by atoms with Crippen LogP contribution in [0.4, 0.5) is 0 Å². The topological polar surface area (TPSA) is 69.6 Å². The van der Waals surface area contributed by atoms with Crippen LogP contribution < -0.4 is 5.32 Å². The summed E-state index contributed by atoms with van der Waals surface area (Å²) in [5.41, 5.74) is 0.246. The highest BCUT2D eigenvalue weighted by Crippen LogP contribution is 2.33. The normalized spacial score (nSPS) is 19.6. The maximum Gasteiger partial charge on any atom is 0.336 e. The smallest absolute Gasteiger partial charge is 0.336 e. The molecule has 0 aromatic carbocycles. The molecule has 5 heteroatoms. The fourth-order valence-corrected chi connectivity index (χ4v) is 3.07. The number of aromatic carboxylic acids is 1. The first kappa shape index (κ1) is 11.6. The van der Waals surface area contributed by atoms with Crippen LogP contribution in [0.25, 0.3) is 0 Å². The van der Waals surface area contributed by atoms with E-state index in [-0.39, 0.29) is 11.5 Å². The zero-order valence-electron chi connectivity index (χ0n) is 8.85. The lowest BCUT2D eigenvalue weighted by atomic mass is 9.90. The van der Waals surface area contributed by atoms with Crippen molar-refractivity contribution in [3.05, 3.63) is 21.9 Å². The van der Waals surface area contributed by atoms with Gasteiger partial charge in [0.1, 0.15) is 0 Å². The molecule has 1 aliphatic rings. The molecule has 3 N–H and O–H groups in total. The number of piperidine rings is 1. The molecule has 0 aliphatic carbocycles. The van der Waals surface area contributed by atoms with Gasteiger partial charge >= 0.3 is 5.97 Å². The predicted molar refractivity (Wildman–Crippen MR) is 61.8 cm³/mol. The minimum Gasteiger partial charge on any atom is -0.478 e. The number of aliphatic hydroxyl groups is 1. The second-order valence-corrected chi connectivity index (χ2v) is 4.98. The molecule has 1 saturated heterocycles. The summed E-state index contributed by atoms with van der Waals surface area (Å²) in [5, 5.41) is 24.1. The van der Waals surface area contributed by atoms with Crippen LogP contribution in [0.3, 0.4) is 0 Å². The van der Waals surface area contributed by atoms with Crippen molar-refractivity contribution in [1.82, 2.24) is 5.32 Å². The minimum absolute atomic E-state index is 0.179. The molecular weight excluding hydrogens is 226 g/mol. The second-order valence-electron chi connectivity index (χ2n) is 4.04. The van der Waals surface area contributed by atoms with Gasteiger partial charge in [-0.1, -0.05) is 0 Å². The number of aliphatic hydroxyl groups excluding tert-OH is 1. The van der Waals surface area contributed by atoms with E-state index in [0.29, 0.717) is 4.88 Å². The van der Waals surface area contributed by atoms with Crippen LogP contribution in [-0.2, 0) is 0 Å². The first-order valence-electron chi connectivity index (χ1n) is 5.39. The van der Waals surface area contributed by atoms with Gasteiger partial charge in [0.25, 0.3) is 0 Å². The van der Waals surface area contributed by atoms with Gasteiger partial charge < -0.3 is 15.5 Å². The second kappa shape index (κ2) is 4.95. The van der Waals surface area contributed by atoms with Crippen molar-refractivity contribution in [1.29, 1.82) is 0 Å². The first-order valence-corrected chi connectivity index (χ1v) is 6.27. The van der Waals surface area contributed by atoms with Gasteiger partial charge in [-0.15, -0.1) is 11.3 Å². The summed E-state index contributed by atoms with van der Waals surface area (Å²) >= 11 is 1.33. The van der Waals surface area contributed by atoms with E-state index in [0.717, 1.165) is 25.9 Å². The van der Waals surface area contributed by atoms with Crippen LogP contribution in [0.1, 0.15) is 34.2 Å². The van der Waals surface area contributed by atoms with Crippen LogP contribution >= 0.6 is 11.3 Å². The summed E-state index contributed by atoms with van der Waals surface area (Å²) in [6, 6.07) is 1.56. The summed E-state index contributed by atoms with van der Waals surface area (Å²) in [5.74, 6) is -0.776. The quantitative estimate of drug-likeness (QED) is 0.749. The summed E-state index contributed by atoms with van der Waals surface area (Å²) in [6.45, 7) is 1.80. The molecule has 2 heterocycles. The third-order valence-electron chi connectivity index (χ3n) is 3.02. The van der Waals surface area contributed by atoms with Gasteiger partial charge in [0.05, 0.1) is 11.7 Å². The van der Waals surface area contributed by atoms with Crippen molar-refractivity contribution in [2.24, 2.45) is 5.92 Å². The number of carbonyl (C=O) groups is 1. The zero-order chi connectivity index (χ0) is 11.5. The van der Waals surface area contributed by atoms with Crippen molar-refractivity contribution in [2.45, 2.75) is 18.9 Å². The maximum atomic E-state index is 11.0. The highest BCUT2D eigenvalue weighted by Gasteiger charge is 2.27. The van der Waals surface area contributed by atoms with Crippen molar-refractivity contribution >= 4 is 17.3 Å². The largest absolute Gasteiger partial charge is 0.478 e. The molecule has 1 aromatic rings. The van der Waals surface area contributed by atoms with Crippen molar-refractivity contribution in [2.75, 3.05) is 13.1 Å². The molecule has 4 nitrogen and oxygen atoms in total. The van der Waals surface area contributed by atoms with E-state index in [1.54, 1.807) is 11.4 Å². The minimum atomic E-state index is -0.954. The SMILES string of the molecule is O=C(O)c1ccsc1C(O)C1CCNCC1. The Morgan fingerprint density at radius 2 is 2.19 bits per heavy atom. The van der Waals surface area contributed by atoms with E-state index in [4.69, 9.17) is 5.11 Å². The fraction of sp³-hybridized carbons (Fsp3) is 0.545. The molecule has 0 bridgehead atoms. The Balaban J connectivity index is 2.15. The lowest BCUT2D eigenvalue weighted by Gasteiger charge is -2.26. The van der Waals surface area contributed by atoms with Gasteiger partial charge in [-0.25, -0.2) is 4.79 Å². The van der Waals surface area contributed by atoms with Gasteiger partial charge in [0, 0.05) is 4.88 Å². The molecule has 2 rings (SSSR count). The number of rotatable bonds is 3. The van der Waals surface area contributed by atoms with Crippen LogP contribution in [0.2, 0.25) is 0 Å². The number of nitrogens with one attached hydrogen (secondary N) is 1. The number of thiophene rings is 1. The van der Waals surface area contributed by atoms with Crippen molar-refractivity contribution < 1.29 is 15.0 Å². The van der Waals surface area contributed by atoms with E-state index in [1.165, 1.54) is 11.3 Å². The highest BCUT2D eigenvalue weighted by molar-refractivity contribution is 7.10. The molecule has 88 valence electrons. The van der Waals surface area contributed by atoms with E-state index in [9.17, 15) is 9.90 Å². The molecule has 0 saturated carbocycles. The first-order chi connectivity index (χ1) is 7.70. The van der Waals surface area contributed by atoms with Crippen LogP contribution in [0.5, 0.6) is 0 Å². The Hall–Kier alpha value is -0.910. The number of hydrogen-bond acceptors (Lipinski definition) is 4. The Kier molecular flexibility index (Phi) is 3.58. The number of hydrogen-bond donors (Lipinski definition) is 3. The van der Waals surface area contributed by atoms with Crippen LogP contribution in [0, 0.1) is 5.92 Å². The Bertz CT molecular complexity index is 371. The monoisotopic (exact) mass is 241 g/mol. The predicted octanol–water partition coefficient (Wildman–Crippen LogP) is 1.48. The zero-order valence-corrected chi connectivity index (χ0v) is 9.67. The maximum absolute atomic E-state index is 11.0.